The van der Waals surface area contributed by atoms with Gasteiger partial charge in [-0.05, 0) is 45.0 Å². The molecule has 1 aliphatic heterocycles. The second-order valence-electron chi connectivity index (χ2n) is 6.48. The number of nitrogens with zero attached hydrogens (tertiary/aromatic N) is 1. The van der Waals surface area contributed by atoms with Gasteiger partial charge in [-0.3, -0.25) is 0 Å². The smallest absolute Gasteiger partial charge is 0.0284 e. The average Bonchev–Trinajstić information content (AvgIpc) is 2.65. The number of hydrogen-bond donors (Lipinski definition) is 1. The first-order valence-electron chi connectivity index (χ1n) is 8.29. The summed E-state index contributed by atoms with van der Waals surface area (Å²) in [5.41, 5.74) is 0. The fourth-order valence-corrected chi connectivity index (χ4v) is 4.80. The summed E-state index contributed by atoms with van der Waals surface area (Å²) < 4.78 is 0.569. The van der Waals surface area contributed by atoms with E-state index in [9.17, 15) is 0 Å². The van der Waals surface area contributed by atoms with Crippen molar-refractivity contribution in [3.63, 3.8) is 0 Å². The molecule has 19 heavy (non-hydrogen) atoms. The molecule has 1 saturated heterocycles. The highest BCUT2D eigenvalue weighted by Gasteiger charge is 2.33. The lowest BCUT2D eigenvalue weighted by Gasteiger charge is -2.40. The molecule has 0 aromatic rings. The Hall–Kier alpha value is 0.270. The molecule has 1 N–H and O–H groups in total. The van der Waals surface area contributed by atoms with E-state index in [1.54, 1.807) is 0 Å². The Morgan fingerprint density at radius 3 is 2.68 bits per heavy atom. The van der Waals surface area contributed by atoms with Crippen molar-refractivity contribution in [1.82, 2.24) is 10.2 Å². The molecule has 2 aliphatic rings. The van der Waals surface area contributed by atoms with E-state index in [2.05, 4.69) is 35.2 Å². The molecule has 1 saturated carbocycles. The molecule has 1 aliphatic carbocycles. The van der Waals surface area contributed by atoms with Crippen LogP contribution in [0.3, 0.4) is 0 Å². The molecule has 1 atom stereocenters. The third kappa shape index (κ3) is 4.64. The second-order valence-corrected chi connectivity index (χ2v) is 7.75. The number of rotatable bonds is 5. The van der Waals surface area contributed by atoms with Gasteiger partial charge in [-0.25, -0.2) is 0 Å². The summed E-state index contributed by atoms with van der Waals surface area (Å²) in [6.07, 6.45) is 13.5. The SMILES string of the molecule is CCCC1CN(CC2(SC)CCCCC2)CCCN1. The number of thioether (sulfide) groups is 1. The van der Waals surface area contributed by atoms with E-state index in [1.807, 2.05) is 0 Å². The molecule has 0 spiro atoms. The van der Waals surface area contributed by atoms with Crippen LogP contribution in [0, 0.1) is 0 Å². The Balaban J connectivity index is 1.91. The molecule has 2 fully saturated rings. The van der Waals surface area contributed by atoms with Crippen LogP contribution in [0.4, 0.5) is 0 Å². The van der Waals surface area contributed by atoms with Gasteiger partial charge in [0.15, 0.2) is 0 Å². The molecule has 0 aromatic heterocycles. The van der Waals surface area contributed by atoms with E-state index in [1.165, 1.54) is 77.5 Å². The first kappa shape index (κ1) is 15.7. The van der Waals surface area contributed by atoms with Gasteiger partial charge in [0.05, 0.1) is 0 Å². The minimum Gasteiger partial charge on any atom is -0.313 e. The summed E-state index contributed by atoms with van der Waals surface area (Å²) in [6.45, 7) is 7.43. The Kier molecular flexibility index (Phi) is 6.51. The van der Waals surface area contributed by atoms with Crippen molar-refractivity contribution in [2.24, 2.45) is 0 Å². The Labute approximate surface area is 124 Å². The summed E-state index contributed by atoms with van der Waals surface area (Å²) in [5.74, 6) is 0. The zero-order valence-electron chi connectivity index (χ0n) is 12.9. The van der Waals surface area contributed by atoms with Crippen LogP contribution >= 0.6 is 11.8 Å². The maximum absolute atomic E-state index is 3.73. The van der Waals surface area contributed by atoms with Gasteiger partial charge in [0, 0.05) is 23.9 Å². The van der Waals surface area contributed by atoms with Crippen molar-refractivity contribution in [3.05, 3.63) is 0 Å². The molecular formula is C16H32N2S. The van der Waals surface area contributed by atoms with Crippen LogP contribution in [0.1, 0.15) is 58.3 Å². The minimum atomic E-state index is 0.569. The van der Waals surface area contributed by atoms with E-state index in [4.69, 9.17) is 0 Å². The second kappa shape index (κ2) is 7.90. The predicted octanol–water partition coefficient (Wildman–Crippen LogP) is 3.52. The lowest BCUT2D eigenvalue weighted by molar-refractivity contribution is 0.214. The highest BCUT2D eigenvalue weighted by molar-refractivity contribution is 8.00. The summed E-state index contributed by atoms with van der Waals surface area (Å²) in [7, 11) is 0. The zero-order chi connectivity index (χ0) is 13.6. The highest BCUT2D eigenvalue weighted by Crippen LogP contribution is 2.39. The van der Waals surface area contributed by atoms with Gasteiger partial charge in [-0.1, -0.05) is 32.6 Å². The Bertz CT molecular complexity index is 251. The zero-order valence-corrected chi connectivity index (χ0v) is 13.7. The van der Waals surface area contributed by atoms with Gasteiger partial charge in [0.1, 0.15) is 0 Å². The molecule has 2 nitrogen and oxygen atoms in total. The van der Waals surface area contributed by atoms with E-state index in [0.717, 1.165) is 6.04 Å². The molecule has 0 amide bonds. The van der Waals surface area contributed by atoms with Crippen LogP contribution in [-0.2, 0) is 0 Å². The summed E-state index contributed by atoms with van der Waals surface area (Å²) in [4.78, 5) is 2.77. The van der Waals surface area contributed by atoms with Gasteiger partial charge in [0.25, 0.3) is 0 Å². The first-order valence-corrected chi connectivity index (χ1v) is 9.51. The largest absolute Gasteiger partial charge is 0.313 e. The fraction of sp³-hybridized carbons (Fsp3) is 1.00. The van der Waals surface area contributed by atoms with Crippen molar-refractivity contribution in [2.45, 2.75) is 69.1 Å². The third-order valence-corrected chi connectivity index (χ3v) is 6.31. The summed E-state index contributed by atoms with van der Waals surface area (Å²) >= 11 is 2.15. The third-order valence-electron chi connectivity index (χ3n) is 4.91. The Morgan fingerprint density at radius 2 is 2.00 bits per heavy atom. The van der Waals surface area contributed by atoms with Gasteiger partial charge >= 0.3 is 0 Å². The maximum atomic E-state index is 3.73. The normalized spacial score (nSPS) is 29.1. The average molecular weight is 285 g/mol. The van der Waals surface area contributed by atoms with Crippen molar-refractivity contribution in [3.8, 4) is 0 Å². The van der Waals surface area contributed by atoms with Crippen LogP contribution in [0.2, 0.25) is 0 Å². The van der Waals surface area contributed by atoms with Gasteiger partial charge < -0.3 is 10.2 Å². The monoisotopic (exact) mass is 284 g/mol. The van der Waals surface area contributed by atoms with E-state index >= 15 is 0 Å². The van der Waals surface area contributed by atoms with Gasteiger partial charge in [0.2, 0.25) is 0 Å². The van der Waals surface area contributed by atoms with Crippen molar-refractivity contribution in [1.29, 1.82) is 0 Å². The van der Waals surface area contributed by atoms with Gasteiger partial charge in [-0.15, -0.1) is 0 Å². The van der Waals surface area contributed by atoms with Crippen LogP contribution in [0.15, 0.2) is 0 Å². The molecule has 1 heterocycles. The van der Waals surface area contributed by atoms with E-state index < -0.39 is 0 Å². The van der Waals surface area contributed by atoms with E-state index in [0.29, 0.717) is 4.75 Å². The van der Waals surface area contributed by atoms with Crippen molar-refractivity contribution < 1.29 is 0 Å². The lowest BCUT2D eigenvalue weighted by atomic mass is 9.87. The van der Waals surface area contributed by atoms with Crippen LogP contribution in [0.25, 0.3) is 0 Å². The topological polar surface area (TPSA) is 15.3 Å². The quantitative estimate of drug-likeness (QED) is 0.831. The molecule has 1 unspecified atom stereocenters. The molecule has 0 radical (unpaired) electrons. The van der Waals surface area contributed by atoms with Crippen molar-refractivity contribution in [2.75, 3.05) is 32.4 Å². The highest BCUT2D eigenvalue weighted by atomic mass is 32.2. The molecule has 0 aromatic carbocycles. The summed E-state index contributed by atoms with van der Waals surface area (Å²) in [5, 5.41) is 3.73. The fourth-order valence-electron chi connectivity index (χ4n) is 3.79. The maximum Gasteiger partial charge on any atom is 0.0284 e. The van der Waals surface area contributed by atoms with Gasteiger partial charge in [-0.2, -0.15) is 11.8 Å². The molecule has 3 heteroatoms. The van der Waals surface area contributed by atoms with Crippen LogP contribution in [0.5, 0.6) is 0 Å². The van der Waals surface area contributed by atoms with E-state index in [-0.39, 0.29) is 0 Å². The predicted molar refractivity (Wildman–Crippen MR) is 87.1 cm³/mol. The Morgan fingerprint density at radius 1 is 1.21 bits per heavy atom. The summed E-state index contributed by atoms with van der Waals surface area (Å²) in [6, 6.07) is 0.731. The molecule has 0 bridgehead atoms. The minimum absolute atomic E-state index is 0.569. The van der Waals surface area contributed by atoms with Crippen molar-refractivity contribution >= 4 is 11.8 Å². The standard InChI is InChI=1S/C16H32N2S/c1-3-8-15-13-18(12-7-11-17-15)14-16(19-2)9-5-4-6-10-16/h15,17H,3-14H2,1-2H3. The molecule has 2 rings (SSSR count). The number of hydrogen-bond acceptors (Lipinski definition) is 3. The lowest BCUT2D eigenvalue weighted by Crippen LogP contribution is -2.45. The first-order chi connectivity index (χ1) is 9.28. The molecular weight excluding hydrogens is 252 g/mol. The van der Waals surface area contributed by atoms with Crippen LogP contribution < -0.4 is 5.32 Å². The number of nitrogens with one attached hydrogen (secondary N) is 1. The van der Waals surface area contributed by atoms with Crippen LogP contribution in [-0.4, -0.2) is 48.1 Å². The molecule has 112 valence electrons.